The average molecular weight is 1300 g/mol. The van der Waals surface area contributed by atoms with Gasteiger partial charge >= 0.3 is 141 Å². The summed E-state index contributed by atoms with van der Waals surface area (Å²) < 4.78 is 8.85. The Hall–Kier alpha value is -10.7. The van der Waals surface area contributed by atoms with Gasteiger partial charge in [-0.2, -0.15) is 5.26 Å². The number of benzene rings is 11. The van der Waals surface area contributed by atoms with E-state index in [4.69, 9.17) is 15.2 Å². The van der Waals surface area contributed by atoms with Gasteiger partial charge in [0.15, 0.2) is 5.82 Å². The number of aromatic nitrogens is 8. The van der Waals surface area contributed by atoms with Crippen LogP contribution in [0.2, 0.25) is 14.8 Å². The Labute approximate surface area is 538 Å². The van der Waals surface area contributed by atoms with Crippen LogP contribution in [0.4, 0.5) is 0 Å². The zero-order valence-corrected chi connectivity index (χ0v) is 55.3. The predicted octanol–water partition coefficient (Wildman–Crippen LogP) is 18.1. The summed E-state index contributed by atoms with van der Waals surface area (Å²) in [5.41, 5.74) is 19.4. The Morgan fingerprint density at radius 1 is 0.396 bits per heavy atom. The number of esters is 1. The fourth-order valence-corrected chi connectivity index (χ4v) is 14.1. The van der Waals surface area contributed by atoms with Crippen molar-refractivity contribution < 1.29 is 9.53 Å². The minimum atomic E-state index is -2.43. The summed E-state index contributed by atoms with van der Waals surface area (Å²) in [5.74, 6) is 1.29. The van der Waals surface area contributed by atoms with E-state index in [0.29, 0.717) is 11.4 Å². The van der Waals surface area contributed by atoms with E-state index < -0.39 is 24.2 Å². The van der Waals surface area contributed by atoms with Crippen LogP contribution in [0, 0.1) is 39.0 Å². The maximum Gasteiger partial charge on any atom is 0.184 e. The van der Waals surface area contributed by atoms with Crippen molar-refractivity contribution in [2.24, 2.45) is 0 Å². The molecule has 0 aliphatic heterocycles. The van der Waals surface area contributed by atoms with Crippen molar-refractivity contribution in [3.63, 3.8) is 0 Å². The first kappa shape index (κ1) is 63.3. The molecule has 11 nitrogen and oxygen atoms in total. The molecule has 0 saturated heterocycles. The van der Waals surface area contributed by atoms with Crippen molar-refractivity contribution >= 4 is 24.6 Å². The molecule has 0 aliphatic rings. The van der Waals surface area contributed by atoms with Crippen molar-refractivity contribution in [2.45, 2.75) is 48.1 Å². The Balaban J connectivity index is 0.000000144. The van der Waals surface area contributed by atoms with Gasteiger partial charge in [-0.1, -0.05) is 241 Å². The van der Waals surface area contributed by atoms with Crippen LogP contribution < -0.4 is 0 Å². The van der Waals surface area contributed by atoms with Gasteiger partial charge in [0.1, 0.15) is 5.54 Å². The maximum absolute atomic E-state index is 11.7. The third-order valence-electron chi connectivity index (χ3n) is 15.6. The first-order chi connectivity index (χ1) is 44.3. The molecule has 0 spiro atoms. The number of tetrazole rings is 2. The molecule has 2 heterocycles. The van der Waals surface area contributed by atoms with E-state index in [2.05, 4.69) is 240 Å². The zero-order valence-electron chi connectivity index (χ0n) is 52.5. The molecule has 2 aromatic heterocycles. The van der Waals surface area contributed by atoms with E-state index in [1.54, 1.807) is 6.07 Å². The van der Waals surface area contributed by atoms with Gasteiger partial charge in [-0.15, -0.1) is 5.10 Å². The Morgan fingerprint density at radius 3 is 1.14 bits per heavy atom. The summed E-state index contributed by atoms with van der Waals surface area (Å²) in [6.07, 6.45) is 0. The number of nitrogens with zero attached hydrogens (tertiary/aromatic N) is 9. The Kier molecular flexibility index (Phi) is 20.6. The van der Waals surface area contributed by atoms with Crippen LogP contribution >= 0.6 is 0 Å². The molecule has 13 rings (SSSR count). The molecular weight excluding hydrogens is 1230 g/mol. The van der Waals surface area contributed by atoms with Gasteiger partial charge in [0.05, 0.1) is 24.3 Å². The second-order valence-electron chi connectivity index (χ2n) is 23.1. The van der Waals surface area contributed by atoms with Crippen LogP contribution in [0.25, 0.3) is 67.3 Å². The summed E-state index contributed by atoms with van der Waals surface area (Å²) in [7, 11) is 1.40. The van der Waals surface area contributed by atoms with E-state index in [0.717, 1.165) is 72.6 Å². The number of rotatable bonds is 12. The number of ether oxygens (including phenoxy) is 1. The van der Waals surface area contributed by atoms with Gasteiger partial charge in [0.25, 0.3) is 0 Å². The van der Waals surface area contributed by atoms with Crippen LogP contribution in [0.1, 0.15) is 54.9 Å². The van der Waals surface area contributed by atoms with Crippen molar-refractivity contribution in [3.05, 3.63) is 335 Å². The molecule has 0 radical (unpaired) electrons. The first-order valence-corrected chi connectivity index (χ1v) is 40.0. The van der Waals surface area contributed by atoms with Gasteiger partial charge in [-0.3, -0.25) is 0 Å². The largest absolute Gasteiger partial charge is 0.205 e. The number of aryl methyl sites for hydroxylation is 4. The fourth-order valence-electron chi connectivity index (χ4n) is 10.9. The number of carbonyl (C=O) groups excluding carboxylic acids is 1. The second-order valence-corrected chi connectivity index (χ2v) is 36.7. The number of methoxy groups -OCH3 is 1. The molecule has 91 heavy (non-hydrogen) atoms. The average Bonchev–Trinajstić information content (AvgIpc) is 1.72. The summed E-state index contributed by atoms with van der Waals surface area (Å²) in [5, 5.41) is 35.1. The van der Waals surface area contributed by atoms with Crippen molar-refractivity contribution in [1.82, 2.24) is 38.6 Å². The van der Waals surface area contributed by atoms with Crippen LogP contribution in [-0.4, -0.2) is 70.4 Å². The van der Waals surface area contributed by atoms with Gasteiger partial charge < -0.3 is 4.74 Å². The molecular formula is C79H71N9O2Sn. The number of hydrogen-bond acceptors (Lipinski definition) is 9. The SMILES string of the molecule is COC(=O)c1ccccc1-c1ccc(C)cc1.Cc1ccc(-c2ccccc2-c2nnn[n]2[Sn]([CH3])([CH3])[CH3])cc1.Cc1ccc(-c2ccccc2-c2nnnn2C(c2ccccc2)(c2ccccc2)c2ccccc2)cc1.Cc1ccc(-c2ccccc2C#N)cc1. The summed E-state index contributed by atoms with van der Waals surface area (Å²) in [6.45, 7) is 8.30. The standard InChI is InChI=1S/C33H26N4.C15H14O2.C14H11N4.C14H11N.3CH3.Sn/c1-25-21-23-26(24-22-25)30-19-11-12-20-31(30)32-34-35-36-37(32)33(27-13-5-2-6-14-27,28-15-7-3-8-16-28)29-17-9-4-10-18-29;1-11-7-9-12(10-8-11)13-5-3-4-6-14(13)15(16)17-2;1-10-6-8-11(9-7-10)12-4-2-3-5-13(12)14-15-17-18-16-14;1-11-6-8-12(9-7-11)14-5-3-2-4-13(14)10-15;;;;/h2-24H,1H3;3-10H,1-2H3;2-9H,1H3;2-9H,1H3;3*1H3;/q;;-1;;;;;+1. The molecule has 11 aromatic carbocycles. The smallest absolute Gasteiger partial charge is 0.184 e. The van der Waals surface area contributed by atoms with E-state index in [1.807, 2.05) is 121 Å². The number of nitriles is 1. The third-order valence-corrected chi connectivity index (χ3v) is 20.1. The molecule has 0 aliphatic carbocycles. The van der Waals surface area contributed by atoms with Gasteiger partial charge in [-0.25, -0.2) is 9.48 Å². The van der Waals surface area contributed by atoms with Crippen molar-refractivity contribution in [2.75, 3.05) is 7.11 Å². The first-order valence-electron chi connectivity index (χ1n) is 30.2. The van der Waals surface area contributed by atoms with Crippen LogP contribution in [0.15, 0.2) is 285 Å². The van der Waals surface area contributed by atoms with Gasteiger partial charge in [0.2, 0.25) is 0 Å². The number of carbonyl (C=O) groups is 1. The normalized spacial score (nSPS) is 10.9. The molecule has 0 atom stereocenters. The van der Waals surface area contributed by atoms with Crippen LogP contribution in [0.3, 0.4) is 0 Å². The quantitative estimate of drug-likeness (QED) is 0.0665. The minimum Gasteiger partial charge on any atom is -0.205 e. The zero-order chi connectivity index (χ0) is 63.7. The molecule has 0 amide bonds. The Bertz CT molecular complexity index is 4440. The van der Waals surface area contributed by atoms with Crippen molar-refractivity contribution in [3.8, 4) is 73.4 Å². The van der Waals surface area contributed by atoms with Crippen LogP contribution in [0.5, 0.6) is 0 Å². The summed E-state index contributed by atoms with van der Waals surface area (Å²) >= 11 is -2.43. The molecule has 0 unspecified atom stereocenters. The molecule has 0 N–H and O–H groups in total. The third kappa shape index (κ3) is 14.7. The maximum atomic E-state index is 11.7. The second kappa shape index (κ2) is 29.5. The predicted molar refractivity (Wildman–Crippen MR) is 369 cm³/mol. The van der Waals surface area contributed by atoms with Gasteiger partial charge in [0, 0.05) is 5.56 Å². The summed E-state index contributed by atoms with van der Waals surface area (Å²) in [4.78, 5) is 18.6. The van der Waals surface area contributed by atoms with E-state index >= 15 is 0 Å². The monoisotopic (exact) mass is 1300 g/mol. The van der Waals surface area contributed by atoms with Crippen molar-refractivity contribution in [1.29, 1.82) is 5.26 Å². The van der Waals surface area contributed by atoms with E-state index in [-0.39, 0.29) is 5.97 Å². The molecule has 0 fully saturated rings. The molecule has 13 aromatic rings. The van der Waals surface area contributed by atoms with Crippen LogP contribution in [-0.2, 0) is 10.3 Å². The topological polar surface area (TPSA) is 137 Å². The molecule has 448 valence electrons. The number of hydrogen-bond donors (Lipinski definition) is 0. The molecule has 0 saturated carbocycles. The van der Waals surface area contributed by atoms with E-state index in [9.17, 15) is 4.79 Å². The van der Waals surface area contributed by atoms with E-state index in [1.165, 1.54) is 40.5 Å². The fraction of sp³-hybridized carbons (Fsp3) is 0.114. The van der Waals surface area contributed by atoms with Gasteiger partial charge in [-0.05, 0) is 93.4 Å². The molecule has 12 heteroatoms. The summed E-state index contributed by atoms with van der Waals surface area (Å²) in [6, 6.07) is 98.9. The Morgan fingerprint density at radius 2 is 0.725 bits per heavy atom. The molecule has 0 bridgehead atoms. The minimum absolute atomic E-state index is 0.304.